The summed E-state index contributed by atoms with van der Waals surface area (Å²) < 4.78 is 19.0. The van der Waals surface area contributed by atoms with E-state index in [0.717, 1.165) is 47.8 Å². The average molecular weight is 454 g/mol. The van der Waals surface area contributed by atoms with Crippen LogP contribution in [0, 0.1) is 5.92 Å². The SMILES string of the molecule is CCOC(=O)c1cn2c(cc1=O)-c1cc(OC)c(OCCC3CCCCC3)cc1CC2CC. The van der Waals surface area contributed by atoms with Crippen molar-refractivity contribution < 1.29 is 19.0 Å². The predicted octanol–water partition coefficient (Wildman–Crippen LogP) is 5.56. The Hall–Kier alpha value is -2.76. The molecule has 2 aliphatic rings. The maximum absolute atomic E-state index is 12.8. The summed E-state index contributed by atoms with van der Waals surface area (Å²) in [6.07, 6.45) is 11.1. The van der Waals surface area contributed by atoms with Gasteiger partial charge in [-0.3, -0.25) is 4.79 Å². The van der Waals surface area contributed by atoms with Crippen LogP contribution >= 0.6 is 0 Å². The number of hydrogen-bond donors (Lipinski definition) is 0. The Morgan fingerprint density at radius 3 is 2.58 bits per heavy atom. The lowest BCUT2D eigenvalue weighted by atomic mass is 9.87. The molecule has 1 saturated carbocycles. The molecular formula is C27H35NO5. The first-order valence-corrected chi connectivity index (χ1v) is 12.3. The Bertz CT molecular complexity index is 1050. The molecule has 1 aromatic heterocycles. The average Bonchev–Trinajstić information content (AvgIpc) is 2.83. The fourth-order valence-electron chi connectivity index (χ4n) is 5.22. The number of hydrogen-bond acceptors (Lipinski definition) is 5. The molecule has 1 aliphatic heterocycles. The minimum Gasteiger partial charge on any atom is -0.493 e. The number of carbonyl (C=O) groups is 1. The van der Waals surface area contributed by atoms with Gasteiger partial charge in [-0.25, -0.2) is 4.79 Å². The first-order valence-electron chi connectivity index (χ1n) is 12.3. The summed E-state index contributed by atoms with van der Waals surface area (Å²) in [5.41, 5.74) is 2.64. The predicted molar refractivity (Wildman–Crippen MR) is 128 cm³/mol. The molecule has 0 spiro atoms. The molecule has 2 heterocycles. The topological polar surface area (TPSA) is 66.8 Å². The van der Waals surface area contributed by atoms with Crippen molar-refractivity contribution in [2.24, 2.45) is 5.92 Å². The molecule has 33 heavy (non-hydrogen) atoms. The molecule has 0 radical (unpaired) electrons. The summed E-state index contributed by atoms with van der Waals surface area (Å²) in [6.45, 7) is 4.78. The number of fused-ring (bicyclic) bond motifs is 3. The van der Waals surface area contributed by atoms with Crippen molar-refractivity contribution in [2.75, 3.05) is 20.3 Å². The van der Waals surface area contributed by atoms with Gasteiger partial charge in [-0.05, 0) is 49.8 Å². The third kappa shape index (κ3) is 4.94. The van der Waals surface area contributed by atoms with Gasteiger partial charge in [0.1, 0.15) is 5.56 Å². The third-order valence-corrected chi connectivity index (χ3v) is 7.07. The largest absolute Gasteiger partial charge is 0.493 e. The molecule has 0 bridgehead atoms. The molecule has 0 N–H and O–H groups in total. The standard InChI is InChI=1S/C27H35NO5/c1-4-20-13-19-14-26(33-12-11-18-9-7-6-8-10-18)25(31-3)15-21(19)23-16-24(29)22(17-28(20)23)27(30)32-5-2/h14-18,20H,4-13H2,1-3H3. The fraction of sp³-hybridized carbons (Fsp3) is 0.556. The Labute approximate surface area is 195 Å². The molecule has 1 aromatic carbocycles. The van der Waals surface area contributed by atoms with E-state index in [2.05, 4.69) is 13.0 Å². The second-order valence-corrected chi connectivity index (χ2v) is 9.13. The number of benzene rings is 1. The number of ether oxygens (including phenoxy) is 3. The number of nitrogens with zero attached hydrogens (tertiary/aromatic N) is 1. The minimum absolute atomic E-state index is 0.0807. The summed E-state index contributed by atoms with van der Waals surface area (Å²) in [5, 5.41) is 0. The summed E-state index contributed by atoms with van der Waals surface area (Å²) in [7, 11) is 1.64. The van der Waals surface area contributed by atoms with Crippen LogP contribution in [0.25, 0.3) is 11.3 Å². The van der Waals surface area contributed by atoms with E-state index < -0.39 is 5.97 Å². The first-order chi connectivity index (χ1) is 16.0. The van der Waals surface area contributed by atoms with Gasteiger partial charge in [0.05, 0.1) is 26.0 Å². The van der Waals surface area contributed by atoms with Crippen LogP contribution in [0.1, 0.15) is 80.8 Å². The van der Waals surface area contributed by atoms with E-state index in [1.807, 2.05) is 10.6 Å². The van der Waals surface area contributed by atoms with Gasteiger partial charge in [0.15, 0.2) is 16.9 Å². The second-order valence-electron chi connectivity index (χ2n) is 9.13. The van der Waals surface area contributed by atoms with E-state index in [4.69, 9.17) is 14.2 Å². The number of aromatic nitrogens is 1. The molecule has 0 saturated heterocycles. The van der Waals surface area contributed by atoms with Gasteiger partial charge in [0.25, 0.3) is 0 Å². The summed E-state index contributed by atoms with van der Waals surface area (Å²) >= 11 is 0. The highest BCUT2D eigenvalue weighted by molar-refractivity contribution is 5.89. The van der Waals surface area contributed by atoms with E-state index in [1.54, 1.807) is 26.3 Å². The lowest BCUT2D eigenvalue weighted by Gasteiger charge is -2.31. The molecule has 178 valence electrons. The molecule has 4 rings (SSSR count). The van der Waals surface area contributed by atoms with Crippen LogP contribution in [0.3, 0.4) is 0 Å². The number of rotatable bonds is 8. The molecule has 1 atom stereocenters. The fourth-order valence-corrected chi connectivity index (χ4v) is 5.22. The van der Waals surface area contributed by atoms with Crippen LogP contribution in [0.4, 0.5) is 0 Å². The normalized spacial score (nSPS) is 17.7. The molecule has 1 aliphatic carbocycles. The van der Waals surface area contributed by atoms with Crippen molar-refractivity contribution in [3.63, 3.8) is 0 Å². The van der Waals surface area contributed by atoms with E-state index in [-0.39, 0.29) is 23.6 Å². The van der Waals surface area contributed by atoms with Gasteiger partial charge in [-0.2, -0.15) is 0 Å². The maximum atomic E-state index is 12.8. The summed E-state index contributed by atoms with van der Waals surface area (Å²) in [4.78, 5) is 25.0. The smallest absolute Gasteiger partial charge is 0.343 e. The van der Waals surface area contributed by atoms with E-state index >= 15 is 0 Å². The van der Waals surface area contributed by atoms with Gasteiger partial charge in [-0.1, -0.05) is 39.0 Å². The van der Waals surface area contributed by atoms with E-state index in [9.17, 15) is 9.59 Å². The first kappa shape index (κ1) is 23.4. The van der Waals surface area contributed by atoms with Crippen LogP contribution in [0.15, 0.2) is 29.2 Å². The maximum Gasteiger partial charge on any atom is 0.343 e. The number of esters is 1. The number of pyridine rings is 1. The van der Waals surface area contributed by atoms with Crippen LogP contribution in [0.5, 0.6) is 11.5 Å². The van der Waals surface area contributed by atoms with Crippen molar-refractivity contribution in [2.45, 2.75) is 71.3 Å². The van der Waals surface area contributed by atoms with Crippen molar-refractivity contribution in [1.29, 1.82) is 0 Å². The quantitative estimate of drug-likeness (QED) is 0.490. The number of methoxy groups -OCH3 is 1. The van der Waals surface area contributed by atoms with Crippen molar-refractivity contribution in [3.05, 3.63) is 45.7 Å². The molecule has 6 nitrogen and oxygen atoms in total. The zero-order valence-electron chi connectivity index (χ0n) is 20.0. The van der Waals surface area contributed by atoms with Crippen LogP contribution < -0.4 is 14.9 Å². The van der Waals surface area contributed by atoms with Crippen LogP contribution in [0.2, 0.25) is 0 Å². The Balaban J connectivity index is 1.64. The Morgan fingerprint density at radius 2 is 1.88 bits per heavy atom. The van der Waals surface area contributed by atoms with Gasteiger partial charge < -0.3 is 18.8 Å². The molecule has 6 heteroatoms. The second kappa shape index (κ2) is 10.4. The van der Waals surface area contributed by atoms with Crippen LogP contribution in [-0.4, -0.2) is 30.9 Å². The van der Waals surface area contributed by atoms with Gasteiger partial charge >= 0.3 is 5.97 Å². The summed E-state index contributed by atoms with van der Waals surface area (Å²) in [6, 6.07) is 5.73. The molecule has 1 unspecified atom stereocenters. The Kier molecular flexibility index (Phi) is 7.41. The molecule has 2 aromatic rings. The zero-order valence-corrected chi connectivity index (χ0v) is 20.0. The highest BCUT2D eigenvalue weighted by Gasteiger charge is 2.27. The molecular weight excluding hydrogens is 418 g/mol. The zero-order chi connectivity index (χ0) is 23.4. The van der Waals surface area contributed by atoms with Gasteiger partial charge in [-0.15, -0.1) is 0 Å². The third-order valence-electron chi connectivity index (χ3n) is 7.07. The van der Waals surface area contributed by atoms with Crippen LogP contribution in [-0.2, 0) is 11.2 Å². The monoisotopic (exact) mass is 453 g/mol. The van der Waals surface area contributed by atoms with Crippen molar-refractivity contribution in [3.8, 4) is 22.8 Å². The highest BCUT2D eigenvalue weighted by atomic mass is 16.5. The van der Waals surface area contributed by atoms with Crippen molar-refractivity contribution >= 4 is 5.97 Å². The van der Waals surface area contributed by atoms with Crippen molar-refractivity contribution in [1.82, 2.24) is 4.57 Å². The Morgan fingerprint density at radius 1 is 1.09 bits per heavy atom. The van der Waals surface area contributed by atoms with Gasteiger partial charge in [0.2, 0.25) is 0 Å². The molecule has 0 amide bonds. The molecule has 1 fully saturated rings. The summed E-state index contributed by atoms with van der Waals surface area (Å²) in [5.74, 6) is 1.62. The lowest BCUT2D eigenvalue weighted by molar-refractivity contribution is 0.0523. The lowest BCUT2D eigenvalue weighted by Crippen LogP contribution is -2.26. The minimum atomic E-state index is -0.572. The van der Waals surface area contributed by atoms with E-state index in [1.165, 1.54) is 32.1 Å². The highest BCUT2D eigenvalue weighted by Crippen LogP contribution is 2.42. The number of carbonyl (C=O) groups excluding carboxylic acids is 1. The van der Waals surface area contributed by atoms with E-state index in [0.29, 0.717) is 12.4 Å². The van der Waals surface area contributed by atoms with Gasteiger partial charge in [0, 0.05) is 23.9 Å².